The number of aromatic nitrogens is 2. The molecule has 1 N–H and O–H groups in total. The first kappa shape index (κ1) is 18.2. The van der Waals surface area contributed by atoms with E-state index in [2.05, 4.69) is 10.4 Å². The van der Waals surface area contributed by atoms with Crippen LogP contribution in [0.4, 0.5) is 0 Å². The smallest absolute Gasteiger partial charge is 0.251 e. The van der Waals surface area contributed by atoms with Crippen molar-refractivity contribution in [2.75, 3.05) is 0 Å². The molecule has 2 aromatic carbocycles. The third kappa shape index (κ3) is 3.13. The van der Waals surface area contributed by atoms with E-state index < -0.39 is 6.04 Å². The maximum Gasteiger partial charge on any atom is 0.251 e. The molecule has 1 aliphatic carbocycles. The summed E-state index contributed by atoms with van der Waals surface area (Å²) in [5.41, 5.74) is 5.58. The Hall–Kier alpha value is -3.21. The number of ketones is 1. The number of carbonyl (C=O) groups is 2. The molecule has 142 valence electrons. The average Bonchev–Trinajstić information content (AvgIpc) is 2.97. The highest BCUT2D eigenvalue weighted by Gasteiger charge is 2.40. The first-order valence-electron chi connectivity index (χ1n) is 9.43. The van der Waals surface area contributed by atoms with E-state index in [1.807, 2.05) is 63.4 Å². The molecule has 0 spiro atoms. The number of nitrogens with zero attached hydrogens (tertiary/aromatic N) is 2. The highest BCUT2D eigenvalue weighted by Crippen LogP contribution is 2.37. The minimum atomic E-state index is -0.620. The number of carbonyl (C=O) groups excluding carboxylic acids is 2. The first-order chi connectivity index (χ1) is 13.5. The molecule has 1 aliphatic rings. The monoisotopic (exact) mass is 373 g/mol. The molecule has 0 saturated carbocycles. The second-order valence-electron chi connectivity index (χ2n) is 7.42. The van der Waals surface area contributed by atoms with Gasteiger partial charge in [-0.15, -0.1) is 0 Å². The molecule has 0 unspecified atom stereocenters. The van der Waals surface area contributed by atoms with Crippen molar-refractivity contribution in [3.8, 4) is 0 Å². The van der Waals surface area contributed by atoms with Gasteiger partial charge in [0.05, 0.1) is 18.2 Å². The summed E-state index contributed by atoms with van der Waals surface area (Å²) in [6.07, 6.45) is 0.273. The number of hydrogen-bond acceptors (Lipinski definition) is 3. The van der Waals surface area contributed by atoms with Gasteiger partial charge in [0.25, 0.3) is 5.91 Å². The summed E-state index contributed by atoms with van der Waals surface area (Å²) in [7, 11) is 1.87. The molecule has 0 saturated heterocycles. The van der Waals surface area contributed by atoms with Crippen molar-refractivity contribution in [2.45, 2.75) is 32.2 Å². The van der Waals surface area contributed by atoms with Gasteiger partial charge in [-0.3, -0.25) is 14.3 Å². The Kier molecular flexibility index (Phi) is 4.59. The van der Waals surface area contributed by atoms with E-state index in [4.69, 9.17) is 0 Å². The molecular weight excluding hydrogens is 350 g/mol. The number of Topliss-reactive ketones (excluding diaryl/α,β-unsaturated/α-hetero) is 1. The predicted molar refractivity (Wildman–Crippen MR) is 107 cm³/mol. The van der Waals surface area contributed by atoms with Crippen LogP contribution in [0.15, 0.2) is 54.6 Å². The molecule has 28 heavy (non-hydrogen) atoms. The van der Waals surface area contributed by atoms with Crippen LogP contribution in [0.25, 0.3) is 0 Å². The van der Waals surface area contributed by atoms with Crippen LogP contribution in [-0.2, 0) is 18.3 Å². The topological polar surface area (TPSA) is 64.0 Å². The summed E-state index contributed by atoms with van der Waals surface area (Å²) in [6, 6.07) is 16.5. The zero-order valence-corrected chi connectivity index (χ0v) is 16.3. The lowest BCUT2D eigenvalue weighted by molar-refractivity contribution is -0.121. The van der Waals surface area contributed by atoms with Gasteiger partial charge in [0.15, 0.2) is 5.78 Å². The Morgan fingerprint density at radius 1 is 1.07 bits per heavy atom. The lowest BCUT2D eigenvalue weighted by Crippen LogP contribution is -2.48. The molecular formula is C23H23N3O2. The van der Waals surface area contributed by atoms with Gasteiger partial charge < -0.3 is 5.32 Å². The maximum absolute atomic E-state index is 13.1. The number of fused-ring (bicyclic) bond motifs is 1. The Balaban J connectivity index is 1.79. The zero-order chi connectivity index (χ0) is 19.8. The van der Waals surface area contributed by atoms with Crippen molar-refractivity contribution in [3.05, 3.63) is 88.2 Å². The molecule has 2 atom stereocenters. The van der Waals surface area contributed by atoms with Crippen LogP contribution >= 0.6 is 0 Å². The summed E-state index contributed by atoms with van der Waals surface area (Å²) in [6.45, 7) is 4.00. The number of aryl methyl sites for hydroxylation is 3. The van der Waals surface area contributed by atoms with E-state index in [0.717, 1.165) is 28.1 Å². The molecule has 0 aliphatic heterocycles. The Labute approximate surface area is 164 Å². The summed E-state index contributed by atoms with van der Waals surface area (Å²) >= 11 is 0. The second-order valence-corrected chi connectivity index (χ2v) is 7.42. The summed E-state index contributed by atoms with van der Waals surface area (Å²) < 4.78 is 1.79. The number of hydrogen-bond donors (Lipinski definition) is 1. The van der Waals surface area contributed by atoms with Crippen LogP contribution in [0.1, 0.15) is 44.4 Å². The van der Waals surface area contributed by atoms with E-state index >= 15 is 0 Å². The summed E-state index contributed by atoms with van der Waals surface area (Å²) in [5.74, 6) is -0.482. The van der Waals surface area contributed by atoms with Crippen LogP contribution < -0.4 is 5.32 Å². The predicted octanol–water partition coefficient (Wildman–Crippen LogP) is 3.09. The number of amides is 1. The van der Waals surface area contributed by atoms with Crippen LogP contribution in [0.2, 0.25) is 0 Å². The van der Waals surface area contributed by atoms with Gasteiger partial charge in [-0.05, 0) is 31.5 Å². The van der Waals surface area contributed by atoms with E-state index in [0.29, 0.717) is 5.56 Å². The standard InChI is InChI=1S/C23H23N3O2/c1-14-9-11-16(12-10-14)21-20-15(2)25-26(3)18(20)13-19(27)22(21)24-23(28)17-7-5-4-6-8-17/h4-12,21-22H,13H2,1-3H3,(H,24,28)/t21-,22-/m1/s1. The maximum atomic E-state index is 13.1. The van der Waals surface area contributed by atoms with Gasteiger partial charge in [0.1, 0.15) is 0 Å². The van der Waals surface area contributed by atoms with E-state index in [1.54, 1.807) is 16.8 Å². The minimum absolute atomic E-state index is 0.00496. The van der Waals surface area contributed by atoms with Crippen molar-refractivity contribution in [3.63, 3.8) is 0 Å². The molecule has 0 bridgehead atoms. The van der Waals surface area contributed by atoms with E-state index in [-0.39, 0.29) is 24.0 Å². The average molecular weight is 373 g/mol. The number of nitrogens with one attached hydrogen (secondary N) is 1. The fraction of sp³-hybridized carbons (Fsp3) is 0.261. The molecule has 5 nitrogen and oxygen atoms in total. The van der Waals surface area contributed by atoms with Crippen molar-refractivity contribution in [1.82, 2.24) is 15.1 Å². The summed E-state index contributed by atoms with van der Waals surface area (Å²) in [5, 5.41) is 7.54. The highest BCUT2D eigenvalue weighted by atomic mass is 16.2. The quantitative estimate of drug-likeness (QED) is 0.767. The zero-order valence-electron chi connectivity index (χ0n) is 16.3. The van der Waals surface area contributed by atoms with Gasteiger partial charge in [0.2, 0.25) is 0 Å². The molecule has 1 aromatic heterocycles. The van der Waals surface area contributed by atoms with Crippen molar-refractivity contribution in [1.29, 1.82) is 0 Å². The van der Waals surface area contributed by atoms with Crippen LogP contribution in [0.3, 0.4) is 0 Å². The third-order valence-electron chi connectivity index (χ3n) is 5.48. The van der Waals surface area contributed by atoms with Crippen LogP contribution in [0.5, 0.6) is 0 Å². The first-order valence-corrected chi connectivity index (χ1v) is 9.43. The summed E-state index contributed by atoms with van der Waals surface area (Å²) in [4.78, 5) is 25.9. The molecule has 1 heterocycles. The van der Waals surface area contributed by atoms with Gasteiger partial charge in [-0.1, -0.05) is 48.0 Å². The van der Waals surface area contributed by atoms with Gasteiger partial charge in [-0.2, -0.15) is 5.10 Å². The lowest BCUT2D eigenvalue weighted by atomic mass is 9.76. The lowest BCUT2D eigenvalue weighted by Gasteiger charge is -2.32. The number of rotatable bonds is 3. The molecule has 4 rings (SSSR count). The Morgan fingerprint density at radius 3 is 2.43 bits per heavy atom. The minimum Gasteiger partial charge on any atom is -0.341 e. The largest absolute Gasteiger partial charge is 0.341 e. The van der Waals surface area contributed by atoms with Gasteiger partial charge in [-0.25, -0.2) is 0 Å². The van der Waals surface area contributed by atoms with Gasteiger partial charge >= 0.3 is 0 Å². The fourth-order valence-corrected chi connectivity index (χ4v) is 4.07. The number of benzene rings is 2. The van der Waals surface area contributed by atoms with E-state index in [1.165, 1.54) is 0 Å². The Bertz CT molecular complexity index is 1040. The molecule has 3 aromatic rings. The normalized spacial score (nSPS) is 18.6. The van der Waals surface area contributed by atoms with E-state index in [9.17, 15) is 9.59 Å². The van der Waals surface area contributed by atoms with Crippen LogP contribution in [0, 0.1) is 13.8 Å². The SMILES string of the molecule is Cc1ccc([C@@H]2c3c(C)nn(C)c3CC(=O)[C@H]2NC(=O)c2ccccc2)cc1. The third-order valence-corrected chi connectivity index (χ3v) is 5.48. The highest BCUT2D eigenvalue weighted by molar-refractivity contribution is 5.99. The van der Waals surface area contributed by atoms with Gasteiger partial charge in [0, 0.05) is 29.8 Å². The molecule has 5 heteroatoms. The second kappa shape index (κ2) is 7.08. The van der Waals surface area contributed by atoms with Crippen molar-refractivity contribution in [2.24, 2.45) is 7.05 Å². The Morgan fingerprint density at radius 2 is 1.75 bits per heavy atom. The van der Waals surface area contributed by atoms with Crippen molar-refractivity contribution >= 4 is 11.7 Å². The van der Waals surface area contributed by atoms with Crippen molar-refractivity contribution < 1.29 is 9.59 Å². The van der Waals surface area contributed by atoms with Crippen LogP contribution in [-0.4, -0.2) is 27.5 Å². The fourth-order valence-electron chi connectivity index (χ4n) is 4.07. The molecule has 0 fully saturated rings. The molecule has 0 radical (unpaired) electrons. The molecule has 1 amide bonds.